The molecule has 1 aromatic rings. The molecule has 1 amide bonds. The highest BCUT2D eigenvalue weighted by molar-refractivity contribution is 5.94. The van der Waals surface area contributed by atoms with E-state index in [2.05, 4.69) is 0 Å². The summed E-state index contributed by atoms with van der Waals surface area (Å²) in [5, 5.41) is 9.22. The number of rotatable bonds is 2. The first-order valence-electron chi connectivity index (χ1n) is 6.25. The highest BCUT2D eigenvalue weighted by Gasteiger charge is 2.35. The van der Waals surface area contributed by atoms with Crippen LogP contribution in [0.3, 0.4) is 0 Å². The highest BCUT2D eigenvalue weighted by Crippen LogP contribution is 2.22. The topological polar surface area (TPSA) is 49.8 Å². The molecule has 4 nitrogen and oxygen atoms in total. The summed E-state index contributed by atoms with van der Waals surface area (Å²) in [7, 11) is 0. The maximum atomic E-state index is 12.9. The van der Waals surface area contributed by atoms with Crippen LogP contribution in [0.25, 0.3) is 0 Å². The summed E-state index contributed by atoms with van der Waals surface area (Å²) >= 11 is 0. The SMILES string of the molecule is CC1(C)CN(C(=O)c2ccc(F)cc2)CC(CO)O1. The average molecular weight is 267 g/mol. The molecular weight excluding hydrogens is 249 g/mol. The van der Waals surface area contributed by atoms with Gasteiger partial charge in [-0.15, -0.1) is 0 Å². The Bertz CT molecular complexity index is 458. The molecule has 1 saturated heterocycles. The van der Waals surface area contributed by atoms with Crippen LogP contribution in [0.4, 0.5) is 4.39 Å². The summed E-state index contributed by atoms with van der Waals surface area (Å²) < 4.78 is 18.5. The summed E-state index contributed by atoms with van der Waals surface area (Å²) in [6.45, 7) is 4.41. The van der Waals surface area contributed by atoms with E-state index in [1.807, 2.05) is 13.8 Å². The van der Waals surface area contributed by atoms with Crippen LogP contribution in [0.2, 0.25) is 0 Å². The zero-order valence-corrected chi connectivity index (χ0v) is 11.1. The van der Waals surface area contributed by atoms with Crippen LogP contribution in [0.1, 0.15) is 24.2 Å². The van der Waals surface area contributed by atoms with E-state index in [0.717, 1.165) is 0 Å². The standard InChI is InChI=1S/C14H18FNO3/c1-14(2)9-16(7-12(8-17)19-14)13(18)10-3-5-11(15)6-4-10/h3-6,12,17H,7-9H2,1-2H3. The van der Waals surface area contributed by atoms with Crippen LogP contribution >= 0.6 is 0 Å². The van der Waals surface area contributed by atoms with Gasteiger partial charge in [-0.05, 0) is 38.1 Å². The van der Waals surface area contributed by atoms with Gasteiger partial charge in [-0.3, -0.25) is 4.79 Å². The predicted octanol–water partition coefficient (Wildman–Crippen LogP) is 1.44. The smallest absolute Gasteiger partial charge is 0.254 e. The molecule has 0 saturated carbocycles. The number of benzene rings is 1. The fourth-order valence-corrected chi connectivity index (χ4v) is 2.32. The second-order valence-electron chi connectivity index (χ2n) is 5.37. The quantitative estimate of drug-likeness (QED) is 0.882. The Kier molecular flexibility index (Phi) is 3.87. The Morgan fingerprint density at radius 3 is 2.68 bits per heavy atom. The first-order chi connectivity index (χ1) is 8.91. The van der Waals surface area contributed by atoms with E-state index >= 15 is 0 Å². The third-order valence-electron chi connectivity index (χ3n) is 3.06. The molecule has 1 aliphatic heterocycles. The molecule has 1 unspecified atom stereocenters. The summed E-state index contributed by atoms with van der Waals surface area (Å²) in [5.74, 6) is -0.540. The summed E-state index contributed by atoms with van der Waals surface area (Å²) in [4.78, 5) is 14.0. The van der Waals surface area contributed by atoms with E-state index in [9.17, 15) is 14.3 Å². The number of aliphatic hydroxyl groups excluding tert-OH is 1. The van der Waals surface area contributed by atoms with E-state index in [0.29, 0.717) is 18.7 Å². The Morgan fingerprint density at radius 1 is 1.47 bits per heavy atom. The van der Waals surface area contributed by atoms with E-state index in [4.69, 9.17) is 4.74 Å². The van der Waals surface area contributed by atoms with E-state index in [1.165, 1.54) is 24.3 Å². The van der Waals surface area contributed by atoms with Crippen molar-refractivity contribution in [2.24, 2.45) is 0 Å². The van der Waals surface area contributed by atoms with Crippen LogP contribution in [-0.2, 0) is 4.74 Å². The van der Waals surface area contributed by atoms with E-state index in [1.54, 1.807) is 4.90 Å². The maximum absolute atomic E-state index is 12.9. The van der Waals surface area contributed by atoms with Gasteiger partial charge in [0.05, 0.1) is 18.3 Å². The van der Waals surface area contributed by atoms with Crippen LogP contribution < -0.4 is 0 Å². The van der Waals surface area contributed by atoms with Gasteiger partial charge in [-0.25, -0.2) is 4.39 Å². The number of aliphatic hydroxyl groups is 1. The second-order valence-corrected chi connectivity index (χ2v) is 5.37. The molecule has 0 radical (unpaired) electrons. The Hall–Kier alpha value is -1.46. The molecule has 0 spiro atoms. The molecule has 1 fully saturated rings. The molecule has 0 aromatic heterocycles. The lowest BCUT2D eigenvalue weighted by Crippen LogP contribution is -2.55. The third kappa shape index (κ3) is 3.30. The fraction of sp³-hybridized carbons (Fsp3) is 0.500. The number of carbonyl (C=O) groups excluding carboxylic acids is 1. The van der Waals surface area contributed by atoms with Crippen molar-refractivity contribution < 1.29 is 19.0 Å². The number of carbonyl (C=O) groups is 1. The third-order valence-corrected chi connectivity index (χ3v) is 3.06. The van der Waals surface area contributed by atoms with Gasteiger partial charge in [0.2, 0.25) is 0 Å². The van der Waals surface area contributed by atoms with Crippen molar-refractivity contribution in [1.29, 1.82) is 0 Å². The molecule has 1 N–H and O–H groups in total. The van der Waals surface area contributed by atoms with Crippen molar-refractivity contribution in [3.8, 4) is 0 Å². The van der Waals surface area contributed by atoms with E-state index < -0.39 is 5.60 Å². The lowest BCUT2D eigenvalue weighted by atomic mass is 10.0. The summed E-state index contributed by atoms with van der Waals surface area (Å²) in [6.07, 6.45) is -0.381. The highest BCUT2D eigenvalue weighted by atomic mass is 19.1. The van der Waals surface area contributed by atoms with Gasteiger partial charge in [-0.1, -0.05) is 0 Å². The molecule has 104 valence electrons. The van der Waals surface area contributed by atoms with Gasteiger partial charge in [0.1, 0.15) is 5.82 Å². The van der Waals surface area contributed by atoms with Crippen LogP contribution in [0, 0.1) is 5.82 Å². The normalized spacial score (nSPS) is 22.3. The molecule has 1 aliphatic rings. The molecule has 1 heterocycles. The lowest BCUT2D eigenvalue weighted by Gasteiger charge is -2.42. The first kappa shape index (κ1) is 14.0. The van der Waals surface area contributed by atoms with Gasteiger partial charge in [-0.2, -0.15) is 0 Å². The average Bonchev–Trinajstić information content (AvgIpc) is 2.37. The largest absolute Gasteiger partial charge is 0.394 e. The lowest BCUT2D eigenvalue weighted by molar-refractivity contribution is -0.139. The molecular formula is C14H18FNO3. The first-order valence-corrected chi connectivity index (χ1v) is 6.25. The molecule has 2 rings (SSSR count). The van der Waals surface area contributed by atoms with Crippen molar-refractivity contribution in [2.75, 3.05) is 19.7 Å². The van der Waals surface area contributed by atoms with Crippen molar-refractivity contribution in [3.63, 3.8) is 0 Å². The second kappa shape index (κ2) is 5.27. The number of amides is 1. The fourth-order valence-electron chi connectivity index (χ4n) is 2.32. The molecule has 5 heteroatoms. The minimum absolute atomic E-state index is 0.128. The van der Waals surface area contributed by atoms with Crippen molar-refractivity contribution in [1.82, 2.24) is 4.90 Å². The molecule has 1 aromatic carbocycles. The Morgan fingerprint density at radius 2 is 2.11 bits per heavy atom. The number of hydrogen-bond acceptors (Lipinski definition) is 3. The Balaban J connectivity index is 2.16. The predicted molar refractivity (Wildman–Crippen MR) is 68.3 cm³/mol. The number of hydrogen-bond donors (Lipinski definition) is 1. The van der Waals surface area contributed by atoms with E-state index in [-0.39, 0.29) is 24.4 Å². The maximum Gasteiger partial charge on any atom is 0.254 e. The molecule has 0 bridgehead atoms. The van der Waals surface area contributed by atoms with Crippen LogP contribution in [0.15, 0.2) is 24.3 Å². The van der Waals surface area contributed by atoms with Gasteiger partial charge in [0.15, 0.2) is 0 Å². The zero-order chi connectivity index (χ0) is 14.0. The number of morpholine rings is 1. The van der Waals surface area contributed by atoms with Crippen LogP contribution in [-0.4, -0.2) is 47.3 Å². The molecule has 1 atom stereocenters. The van der Waals surface area contributed by atoms with Crippen molar-refractivity contribution >= 4 is 5.91 Å². The summed E-state index contributed by atoms with van der Waals surface area (Å²) in [6, 6.07) is 5.47. The van der Waals surface area contributed by atoms with Crippen molar-refractivity contribution in [3.05, 3.63) is 35.6 Å². The number of halogens is 1. The summed E-state index contributed by atoms with van der Waals surface area (Å²) in [5.41, 5.74) is -0.0581. The Labute approximate surface area is 111 Å². The van der Waals surface area contributed by atoms with Gasteiger partial charge < -0.3 is 14.7 Å². The van der Waals surface area contributed by atoms with Crippen molar-refractivity contribution in [2.45, 2.75) is 25.6 Å². The van der Waals surface area contributed by atoms with Gasteiger partial charge in [0.25, 0.3) is 5.91 Å². The zero-order valence-electron chi connectivity index (χ0n) is 11.1. The van der Waals surface area contributed by atoms with Gasteiger partial charge >= 0.3 is 0 Å². The minimum Gasteiger partial charge on any atom is -0.394 e. The van der Waals surface area contributed by atoms with Gasteiger partial charge in [0, 0.05) is 18.7 Å². The minimum atomic E-state index is -0.499. The number of ether oxygens (including phenoxy) is 1. The monoisotopic (exact) mass is 267 g/mol. The number of nitrogens with zero attached hydrogens (tertiary/aromatic N) is 1. The van der Waals surface area contributed by atoms with Crippen LogP contribution in [0.5, 0.6) is 0 Å². The molecule has 19 heavy (non-hydrogen) atoms. The molecule has 0 aliphatic carbocycles.